The smallest absolute Gasteiger partial charge is 0.127 e. The first-order valence-electron chi connectivity index (χ1n) is 7.46. The first-order chi connectivity index (χ1) is 9.61. The van der Waals surface area contributed by atoms with Gasteiger partial charge < -0.3 is 15.1 Å². The summed E-state index contributed by atoms with van der Waals surface area (Å²) in [5, 5.41) is 3.24. The number of halogens is 1. The van der Waals surface area contributed by atoms with Gasteiger partial charge in [-0.1, -0.05) is 18.2 Å². The fourth-order valence-corrected chi connectivity index (χ4v) is 2.85. The lowest BCUT2D eigenvalue weighted by Gasteiger charge is -2.38. The maximum Gasteiger partial charge on any atom is 0.127 e. The van der Waals surface area contributed by atoms with Gasteiger partial charge in [0.2, 0.25) is 0 Å². The van der Waals surface area contributed by atoms with Gasteiger partial charge in [0.15, 0.2) is 0 Å². The van der Waals surface area contributed by atoms with Crippen LogP contribution >= 0.6 is 0 Å². The molecule has 0 saturated carbocycles. The van der Waals surface area contributed by atoms with Gasteiger partial charge in [0, 0.05) is 43.8 Å². The summed E-state index contributed by atoms with van der Waals surface area (Å²) in [5.41, 5.74) is 0.775. The van der Waals surface area contributed by atoms with Crippen LogP contribution in [0.3, 0.4) is 0 Å². The Kier molecular flexibility index (Phi) is 5.52. The minimum absolute atomic E-state index is 0.0890. The molecule has 20 heavy (non-hydrogen) atoms. The van der Waals surface area contributed by atoms with E-state index in [-0.39, 0.29) is 11.9 Å². The van der Waals surface area contributed by atoms with E-state index in [1.165, 1.54) is 6.07 Å². The number of likely N-dealkylation sites (N-methyl/N-ethyl adjacent to an activating group) is 1. The molecule has 0 bridgehead atoms. The van der Waals surface area contributed by atoms with E-state index in [4.69, 9.17) is 0 Å². The van der Waals surface area contributed by atoms with Crippen molar-refractivity contribution in [3.63, 3.8) is 0 Å². The largest absolute Gasteiger partial charge is 0.313 e. The van der Waals surface area contributed by atoms with Gasteiger partial charge in [0.25, 0.3) is 0 Å². The maximum atomic E-state index is 13.8. The minimum atomic E-state index is -0.112. The van der Waals surface area contributed by atoms with Crippen LogP contribution < -0.4 is 5.32 Å². The molecule has 1 fully saturated rings. The summed E-state index contributed by atoms with van der Waals surface area (Å²) in [6.45, 7) is 6.60. The van der Waals surface area contributed by atoms with Gasteiger partial charge in [0.05, 0.1) is 0 Å². The lowest BCUT2D eigenvalue weighted by Crippen LogP contribution is -2.50. The van der Waals surface area contributed by atoms with E-state index >= 15 is 0 Å². The van der Waals surface area contributed by atoms with Crippen molar-refractivity contribution in [1.82, 2.24) is 15.1 Å². The maximum absolute atomic E-state index is 13.8. The zero-order valence-corrected chi connectivity index (χ0v) is 12.8. The van der Waals surface area contributed by atoms with Crippen molar-refractivity contribution in [2.24, 2.45) is 0 Å². The van der Waals surface area contributed by atoms with E-state index in [0.29, 0.717) is 6.04 Å². The molecule has 1 aromatic carbocycles. The number of hydrogen-bond acceptors (Lipinski definition) is 3. The minimum Gasteiger partial charge on any atom is -0.313 e. The average molecular weight is 279 g/mol. The summed E-state index contributed by atoms with van der Waals surface area (Å²) in [5.74, 6) is -0.112. The third kappa shape index (κ3) is 3.78. The fourth-order valence-electron chi connectivity index (χ4n) is 2.85. The molecule has 1 aromatic rings. The molecule has 1 heterocycles. The number of piperazine rings is 1. The summed E-state index contributed by atoms with van der Waals surface area (Å²) in [6.07, 6.45) is 0.938. The molecular formula is C16H26FN3. The van der Waals surface area contributed by atoms with E-state index in [2.05, 4.69) is 29.1 Å². The zero-order chi connectivity index (χ0) is 14.5. The molecule has 0 aliphatic carbocycles. The van der Waals surface area contributed by atoms with Crippen LogP contribution in [-0.2, 0) is 0 Å². The van der Waals surface area contributed by atoms with Crippen LogP contribution in [0.5, 0.6) is 0 Å². The molecule has 0 spiro atoms. The third-order valence-electron chi connectivity index (χ3n) is 4.41. The van der Waals surface area contributed by atoms with Gasteiger partial charge in [-0.05, 0) is 33.5 Å². The monoisotopic (exact) mass is 279 g/mol. The normalized spacial score (nSPS) is 22.9. The highest BCUT2D eigenvalue weighted by molar-refractivity contribution is 5.21. The molecule has 4 heteroatoms. The Balaban J connectivity index is 1.90. The quantitative estimate of drug-likeness (QED) is 0.890. The lowest BCUT2D eigenvalue weighted by molar-refractivity contribution is 0.102. The Morgan fingerprint density at radius 3 is 2.75 bits per heavy atom. The first kappa shape index (κ1) is 15.4. The lowest BCUT2D eigenvalue weighted by atomic mass is 10.0. The van der Waals surface area contributed by atoms with Crippen LogP contribution in [-0.4, -0.2) is 56.1 Å². The topological polar surface area (TPSA) is 18.5 Å². The van der Waals surface area contributed by atoms with Crippen molar-refractivity contribution >= 4 is 0 Å². The van der Waals surface area contributed by atoms with Gasteiger partial charge >= 0.3 is 0 Å². The number of benzene rings is 1. The predicted molar refractivity (Wildman–Crippen MR) is 81.3 cm³/mol. The van der Waals surface area contributed by atoms with Gasteiger partial charge in [0.1, 0.15) is 5.82 Å². The molecule has 0 radical (unpaired) electrons. The molecular weight excluding hydrogens is 253 g/mol. The van der Waals surface area contributed by atoms with E-state index in [1.54, 1.807) is 6.07 Å². The van der Waals surface area contributed by atoms with Gasteiger partial charge in [-0.25, -0.2) is 4.39 Å². The van der Waals surface area contributed by atoms with E-state index in [9.17, 15) is 4.39 Å². The summed E-state index contributed by atoms with van der Waals surface area (Å²) >= 11 is 0. The van der Waals surface area contributed by atoms with Crippen LogP contribution in [0.2, 0.25) is 0 Å². The molecule has 3 nitrogen and oxygen atoms in total. The number of hydrogen-bond donors (Lipinski definition) is 1. The molecule has 2 atom stereocenters. The standard InChI is InChI=1S/C16H26FN3/c1-13-12-20(11-10-19(13)3)9-8-16(18-2)14-6-4-5-7-15(14)17/h4-7,13,16,18H,8-12H2,1-3H3. The second-order valence-corrected chi connectivity index (χ2v) is 5.78. The number of rotatable bonds is 5. The Hall–Kier alpha value is -0.970. The summed E-state index contributed by atoms with van der Waals surface area (Å²) < 4.78 is 13.8. The van der Waals surface area contributed by atoms with Crippen molar-refractivity contribution in [2.75, 3.05) is 40.3 Å². The van der Waals surface area contributed by atoms with Crippen LogP contribution in [0.1, 0.15) is 24.9 Å². The van der Waals surface area contributed by atoms with Crippen molar-refractivity contribution in [3.05, 3.63) is 35.6 Å². The highest BCUT2D eigenvalue weighted by Gasteiger charge is 2.21. The fraction of sp³-hybridized carbons (Fsp3) is 0.625. The van der Waals surface area contributed by atoms with Crippen molar-refractivity contribution in [3.8, 4) is 0 Å². The highest BCUT2D eigenvalue weighted by Crippen LogP contribution is 2.20. The second kappa shape index (κ2) is 7.16. The molecule has 1 N–H and O–H groups in total. The summed E-state index contributed by atoms with van der Waals surface area (Å²) in [7, 11) is 4.08. The summed E-state index contributed by atoms with van der Waals surface area (Å²) in [4.78, 5) is 4.87. The SMILES string of the molecule is CNC(CCN1CCN(C)C(C)C1)c1ccccc1F. The average Bonchev–Trinajstić information content (AvgIpc) is 2.45. The molecule has 0 aromatic heterocycles. The Morgan fingerprint density at radius 2 is 2.10 bits per heavy atom. The Labute approximate surface area is 121 Å². The van der Waals surface area contributed by atoms with Gasteiger partial charge in [-0.15, -0.1) is 0 Å². The Bertz CT molecular complexity index is 424. The van der Waals surface area contributed by atoms with Crippen LogP contribution in [0.4, 0.5) is 4.39 Å². The van der Waals surface area contributed by atoms with E-state index in [1.807, 2.05) is 19.2 Å². The van der Waals surface area contributed by atoms with Gasteiger partial charge in [-0.2, -0.15) is 0 Å². The molecule has 1 saturated heterocycles. The van der Waals surface area contributed by atoms with E-state index < -0.39 is 0 Å². The van der Waals surface area contributed by atoms with Crippen LogP contribution in [0.15, 0.2) is 24.3 Å². The predicted octanol–water partition coefficient (Wildman–Crippen LogP) is 2.11. The van der Waals surface area contributed by atoms with Gasteiger partial charge in [-0.3, -0.25) is 0 Å². The number of nitrogens with zero attached hydrogens (tertiary/aromatic N) is 2. The zero-order valence-electron chi connectivity index (χ0n) is 12.8. The van der Waals surface area contributed by atoms with E-state index in [0.717, 1.165) is 38.2 Å². The van der Waals surface area contributed by atoms with Crippen molar-refractivity contribution in [1.29, 1.82) is 0 Å². The highest BCUT2D eigenvalue weighted by atomic mass is 19.1. The molecule has 2 rings (SSSR count). The van der Waals surface area contributed by atoms with Crippen LogP contribution in [0.25, 0.3) is 0 Å². The van der Waals surface area contributed by atoms with Crippen molar-refractivity contribution in [2.45, 2.75) is 25.4 Å². The first-order valence-corrected chi connectivity index (χ1v) is 7.46. The van der Waals surface area contributed by atoms with Crippen molar-refractivity contribution < 1.29 is 4.39 Å². The molecule has 0 amide bonds. The molecule has 112 valence electrons. The second-order valence-electron chi connectivity index (χ2n) is 5.78. The number of nitrogens with one attached hydrogen (secondary N) is 1. The van der Waals surface area contributed by atoms with Crippen LogP contribution in [0, 0.1) is 5.82 Å². The molecule has 1 aliphatic heterocycles. The Morgan fingerprint density at radius 1 is 1.35 bits per heavy atom. The molecule has 1 aliphatic rings. The summed E-state index contributed by atoms with van der Waals surface area (Å²) in [6, 6.07) is 7.76. The molecule has 2 unspecified atom stereocenters. The third-order valence-corrected chi connectivity index (χ3v) is 4.41.